The molecule has 1 aromatic rings. The fraction of sp³-hybridized carbons (Fsp3) is 0.538. The number of thioether (sulfide) groups is 1. The zero-order chi connectivity index (χ0) is 14.3. The van der Waals surface area contributed by atoms with Gasteiger partial charge >= 0.3 is 6.18 Å². The Hall–Kier alpha value is -0.880. The number of nitrogen functional groups attached to an aromatic ring is 1. The van der Waals surface area contributed by atoms with Gasteiger partial charge in [-0.25, -0.2) is 0 Å². The molecule has 1 rings (SSSR count). The highest BCUT2D eigenvalue weighted by molar-refractivity contribution is 7.99. The molecule has 0 heterocycles. The van der Waals surface area contributed by atoms with E-state index in [0.29, 0.717) is 17.3 Å². The van der Waals surface area contributed by atoms with Crippen molar-refractivity contribution >= 4 is 17.4 Å². The lowest BCUT2D eigenvalue weighted by Gasteiger charge is -2.10. The van der Waals surface area contributed by atoms with E-state index in [9.17, 15) is 13.2 Å². The SMILES string of the molecule is CCCCOCCSc1ccc(C(F)(F)F)cc1N. The Labute approximate surface area is 115 Å². The smallest absolute Gasteiger partial charge is 0.398 e. The summed E-state index contributed by atoms with van der Waals surface area (Å²) in [6, 6.07) is 3.44. The fourth-order valence-corrected chi connectivity index (χ4v) is 2.23. The summed E-state index contributed by atoms with van der Waals surface area (Å²) in [5, 5.41) is 0. The molecule has 0 aliphatic heterocycles. The highest BCUT2D eigenvalue weighted by Gasteiger charge is 2.30. The number of unbranched alkanes of at least 4 members (excludes halogenated alkanes) is 1. The van der Waals surface area contributed by atoms with E-state index in [1.54, 1.807) is 0 Å². The monoisotopic (exact) mass is 293 g/mol. The van der Waals surface area contributed by atoms with Crippen LogP contribution in [0.1, 0.15) is 25.3 Å². The van der Waals surface area contributed by atoms with Crippen molar-refractivity contribution in [3.8, 4) is 0 Å². The van der Waals surface area contributed by atoms with Crippen LogP contribution in [0.4, 0.5) is 18.9 Å². The van der Waals surface area contributed by atoms with Crippen molar-refractivity contribution in [1.29, 1.82) is 0 Å². The van der Waals surface area contributed by atoms with Crippen LogP contribution in [0.15, 0.2) is 23.1 Å². The lowest BCUT2D eigenvalue weighted by molar-refractivity contribution is -0.137. The highest BCUT2D eigenvalue weighted by atomic mass is 32.2. The minimum Gasteiger partial charge on any atom is -0.398 e. The van der Waals surface area contributed by atoms with Gasteiger partial charge in [-0.05, 0) is 24.6 Å². The average Bonchev–Trinajstić information content (AvgIpc) is 2.34. The summed E-state index contributed by atoms with van der Waals surface area (Å²) in [7, 11) is 0. The van der Waals surface area contributed by atoms with Gasteiger partial charge in [-0.3, -0.25) is 0 Å². The number of alkyl halides is 3. The molecule has 0 aliphatic rings. The summed E-state index contributed by atoms with van der Waals surface area (Å²) in [5.74, 6) is 0.680. The van der Waals surface area contributed by atoms with Gasteiger partial charge in [-0.15, -0.1) is 11.8 Å². The minimum atomic E-state index is -4.35. The zero-order valence-electron chi connectivity index (χ0n) is 10.8. The van der Waals surface area contributed by atoms with Crippen LogP contribution in [0.25, 0.3) is 0 Å². The van der Waals surface area contributed by atoms with Gasteiger partial charge in [0.25, 0.3) is 0 Å². The van der Waals surface area contributed by atoms with Crippen LogP contribution in [0.2, 0.25) is 0 Å². The number of hydrogen-bond acceptors (Lipinski definition) is 3. The van der Waals surface area contributed by atoms with Crippen LogP contribution in [0.5, 0.6) is 0 Å². The number of halogens is 3. The Morgan fingerprint density at radius 3 is 2.58 bits per heavy atom. The summed E-state index contributed by atoms with van der Waals surface area (Å²) in [5.41, 5.74) is 5.07. The van der Waals surface area contributed by atoms with Crippen LogP contribution in [0.3, 0.4) is 0 Å². The van der Waals surface area contributed by atoms with Crippen LogP contribution in [-0.4, -0.2) is 19.0 Å². The van der Waals surface area contributed by atoms with Crippen molar-refractivity contribution in [3.63, 3.8) is 0 Å². The fourth-order valence-electron chi connectivity index (χ4n) is 1.42. The largest absolute Gasteiger partial charge is 0.416 e. The Balaban J connectivity index is 2.43. The third kappa shape index (κ3) is 5.74. The summed E-state index contributed by atoms with van der Waals surface area (Å²) in [6.45, 7) is 3.38. The molecule has 0 unspecified atom stereocenters. The van der Waals surface area contributed by atoms with Crippen LogP contribution in [-0.2, 0) is 10.9 Å². The first-order chi connectivity index (χ1) is 8.95. The van der Waals surface area contributed by atoms with E-state index in [1.165, 1.54) is 17.8 Å². The van der Waals surface area contributed by atoms with Gasteiger partial charge in [0.15, 0.2) is 0 Å². The van der Waals surface area contributed by atoms with E-state index in [1.807, 2.05) is 0 Å². The normalized spacial score (nSPS) is 11.8. The second kappa shape index (κ2) is 7.65. The van der Waals surface area contributed by atoms with Gasteiger partial charge in [0.1, 0.15) is 0 Å². The van der Waals surface area contributed by atoms with E-state index in [-0.39, 0.29) is 5.69 Å². The molecule has 0 bridgehead atoms. The average molecular weight is 293 g/mol. The Morgan fingerprint density at radius 1 is 1.26 bits per heavy atom. The van der Waals surface area contributed by atoms with E-state index in [4.69, 9.17) is 10.5 Å². The van der Waals surface area contributed by atoms with Gasteiger partial charge < -0.3 is 10.5 Å². The third-order valence-corrected chi connectivity index (χ3v) is 3.52. The summed E-state index contributed by atoms with van der Waals surface area (Å²) in [6.07, 6.45) is -2.24. The van der Waals surface area contributed by atoms with E-state index in [2.05, 4.69) is 6.92 Å². The molecule has 0 fully saturated rings. The zero-order valence-corrected chi connectivity index (χ0v) is 11.6. The van der Waals surface area contributed by atoms with Crippen molar-refractivity contribution in [2.75, 3.05) is 24.7 Å². The molecule has 0 atom stereocenters. The molecule has 108 valence electrons. The summed E-state index contributed by atoms with van der Waals surface area (Å²) >= 11 is 1.41. The molecule has 0 amide bonds. The number of anilines is 1. The molecule has 2 nitrogen and oxygen atoms in total. The molecule has 2 N–H and O–H groups in total. The first-order valence-corrected chi connectivity index (χ1v) is 7.11. The second-order valence-corrected chi connectivity index (χ2v) is 5.20. The van der Waals surface area contributed by atoms with Gasteiger partial charge in [0.05, 0.1) is 12.2 Å². The van der Waals surface area contributed by atoms with E-state index >= 15 is 0 Å². The Bertz CT molecular complexity index is 396. The highest BCUT2D eigenvalue weighted by Crippen LogP contribution is 2.34. The number of benzene rings is 1. The van der Waals surface area contributed by atoms with Crippen molar-refractivity contribution in [1.82, 2.24) is 0 Å². The topological polar surface area (TPSA) is 35.2 Å². The molecule has 19 heavy (non-hydrogen) atoms. The maximum atomic E-state index is 12.4. The molecule has 0 saturated heterocycles. The van der Waals surface area contributed by atoms with Crippen molar-refractivity contribution in [2.45, 2.75) is 30.8 Å². The number of ether oxygens (including phenoxy) is 1. The lowest BCUT2D eigenvalue weighted by atomic mass is 10.2. The molecular formula is C13H18F3NOS. The van der Waals surface area contributed by atoms with Gasteiger partial charge in [0.2, 0.25) is 0 Å². The second-order valence-electron chi connectivity index (χ2n) is 4.06. The minimum absolute atomic E-state index is 0.161. The molecule has 0 spiro atoms. The molecule has 0 saturated carbocycles. The van der Waals surface area contributed by atoms with E-state index in [0.717, 1.165) is 31.6 Å². The number of rotatable bonds is 7. The van der Waals surface area contributed by atoms with Crippen LogP contribution < -0.4 is 5.73 Å². The standard InChI is InChI=1S/C13H18F3NOS/c1-2-3-6-18-7-8-19-12-5-4-10(9-11(12)17)13(14,15)16/h4-5,9H,2-3,6-8,17H2,1H3. The third-order valence-electron chi connectivity index (χ3n) is 2.46. The van der Waals surface area contributed by atoms with Crippen molar-refractivity contribution in [3.05, 3.63) is 23.8 Å². The van der Waals surface area contributed by atoms with Gasteiger partial charge in [0, 0.05) is 22.9 Å². The molecule has 0 aliphatic carbocycles. The number of nitrogens with two attached hydrogens (primary N) is 1. The molecule has 6 heteroatoms. The Kier molecular flexibility index (Phi) is 6.51. The van der Waals surface area contributed by atoms with E-state index < -0.39 is 11.7 Å². The molecule has 0 aromatic heterocycles. The van der Waals surface area contributed by atoms with Crippen LogP contribution in [0, 0.1) is 0 Å². The van der Waals surface area contributed by atoms with Gasteiger partial charge in [-0.2, -0.15) is 13.2 Å². The predicted octanol–water partition coefficient (Wildman–Crippen LogP) is 4.20. The van der Waals surface area contributed by atoms with Crippen LogP contribution >= 0.6 is 11.8 Å². The van der Waals surface area contributed by atoms with Crippen molar-refractivity contribution < 1.29 is 17.9 Å². The van der Waals surface area contributed by atoms with Gasteiger partial charge in [-0.1, -0.05) is 13.3 Å². The summed E-state index contributed by atoms with van der Waals surface area (Å²) in [4.78, 5) is 0.659. The maximum Gasteiger partial charge on any atom is 0.416 e. The molecular weight excluding hydrogens is 275 g/mol. The first-order valence-electron chi connectivity index (χ1n) is 6.12. The predicted molar refractivity (Wildman–Crippen MR) is 72.3 cm³/mol. The van der Waals surface area contributed by atoms with Crippen molar-refractivity contribution in [2.24, 2.45) is 0 Å². The molecule has 0 radical (unpaired) electrons. The number of hydrogen-bond donors (Lipinski definition) is 1. The summed E-state index contributed by atoms with van der Waals surface area (Å²) < 4.78 is 42.7. The quantitative estimate of drug-likeness (QED) is 0.465. The first kappa shape index (κ1) is 16.2. The lowest BCUT2D eigenvalue weighted by Crippen LogP contribution is -2.06. The molecule has 1 aromatic carbocycles. The Morgan fingerprint density at radius 2 is 2.00 bits per heavy atom. The maximum absolute atomic E-state index is 12.4.